The molecule has 230 valence electrons. The van der Waals surface area contributed by atoms with E-state index < -0.39 is 0 Å². The Morgan fingerprint density at radius 2 is 0.918 bits per heavy atom. The van der Waals surface area contributed by atoms with Crippen LogP contribution in [0.25, 0.3) is 75.1 Å². The summed E-state index contributed by atoms with van der Waals surface area (Å²) in [6.07, 6.45) is 0. The zero-order valence-corrected chi connectivity index (χ0v) is 27.3. The second-order valence-electron chi connectivity index (χ2n) is 12.5. The molecule has 0 fully saturated rings. The van der Waals surface area contributed by atoms with Crippen molar-refractivity contribution < 1.29 is 4.42 Å². The molecule has 0 aliphatic heterocycles. The number of para-hydroxylation sites is 3. The van der Waals surface area contributed by atoms with Gasteiger partial charge >= 0.3 is 0 Å². The molecule has 10 aromatic rings. The van der Waals surface area contributed by atoms with E-state index in [1.807, 2.05) is 23.5 Å². The lowest BCUT2D eigenvalue weighted by Crippen LogP contribution is -2.10. The van der Waals surface area contributed by atoms with Gasteiger partial charge in [0, 0.05) is 47.7 Å². The van der Waals surface area contributed by atoms with Gasteiger partial charge in [-0.15, -0.1) is 11.3 Å². The number of rotatable bonds is 5. The van der Waals surface area contributed by atoms with Crippen LogP contribution in [0.15, 0.2) is 180 Å². The fourth-order valence-corrected chi connectivity index (χ4v) is 8.41. The Morgan fingerprint density at radius 3 is 1.65 bits per heavy atom. The number of benzene rings is 8. The first-order valence-corrected chi connectivity index (χ1v) is 17.4. The van der Waals surface area contributed by atoms with Gasteiger partial charge in [-0.3, -0.25) is 0 Å². The van der Waals surface area contributed by atoms with Gasteiger partial charge in [0.2, 0.25) is 0 Å². The summed E-state index contributed by atoms with van der Waals surface area (Å²) in [5, 5.41) is 7.32. The van der Waals surface area contributed by atoms with E-state index in [1.165, 1.54) is 47.6 Å². The van der Waals surface area contributed by atoms with E-state index in [0.29, 0.717) is 0 Å². The Labute approximate surface area is 287 Å². The Hall–Kier alpha value is -6.16. The molecule has 0 unspecified atom stereocenters. The van der Waals surface area contributed by atoms with Crippen molar-refractivity contribution in [2.24, 2.45) is 0 Å². The molecular formula is C46H29NOS. The maximum Gasteiger partial charge on any atom is 0.136 e. The summed E-state index contributed by atoms with van der Waals surface area (Å²) in [4.78, 5) is 2.35. The van der Waals surface area contributed by atoms with Gasteiger partial charge in [-0.1, -0.05) is 103 Å². The predicted octanol–water partition coefficient (Wildman–Crippen LogP) is 13.9. The second kappa shape index (κ2) is 11.2. The molecule has 0 aliphatic rings. The van der Waals surface area contributed by atoms with E-state index in [9.17, 15) is 0 Å². The highest BCUT2D eigenvalue weighted by Crippen LogP contribution is 2.44. The van der Waals surface area contributed by atoms with Gasteiger partial charge in [0.05, 0.1) is 5.69 Å². The molecule has 0 saturated heterocycles. The van der Waals surface area contributed by atoms with Crippen molar-refractivity contribution in [3.8, 4) is 22.3 Å². The molecule has 8 aromatic carbocycles. The summed E-state index contributed by atoms with van der Waals surface area (Å²) in [6.45, 7) is 0. The smallest absolute Gasteiger partial charge is 0.136 e. The number of furan rings is 1. The molecule has 2 heterocycles. The molecule has 0 spiro atoms. The molecule has 0 atom stereocenters. The molecule has 10 rings (SSSR count). The molecule has 3 heteroatoms. The minimum absolute atomic E-state index is 0.921. The van der Waals surface area contributed by atoms with Crippen LogP contribution in [-0.4, -0.2) is 0 Å². The van der Waals surface area contributed by atoms with Gasteiger partial charge < -0.3 is 9.32 Å². The van der Waals surface area contributed by atoms with Crippen molar-refractivity contribution in [2.45, 2.75) is 0 Å². The summed E-state index contributed by atoms with van der Waals surface area (Å²) in [5.41, 5.74) is 10.1. The lowest BCUT2D eigenvalue weighted by atomic mass is 9.95. The number of nitrogens with zero attached hydrogens (tertiary/aromatic N) is 1. The number of hydrogen-bond acceptors (Lipinski definition) is 3. The summed E-state index contributed by atoms with van der Waals surface area (Å²) >= 11 is 1.86. The van der Waals surface area contributed by atoms with Gasteiger partial charge in [0.1, 0.15) is 11.2 Å². The monoisotopic (exact) mass is 643 g/mol. The van der Waals surface area contributed by atoms with Crippen LogP contribution >= 0.6 is 11.3 Å². The first-order chi connectivity index (χ1) is 24.3. The van der Waals surface area contributed by atoms with Crippen molar-refractivity contribution >= 4 is 81.3 Å². The normalized spacial score (nSPS) is 11.7. The number of anilines is 3. The van der Waals surface area contributed by atoms with E-state index >= 15 is 0 Å². The van der Waals surface area contributed by atoms with Crippen molar-refractivity contribution in [2.75, 3.05) is 4.90 Å². The lowest BCUT2D eigenvalue weighted by Gasteiger charge is -2.27. The minimum Gasteiger partial charge on any atom is -0.456 e. The third-order valence-electron chi connectivity index (χ3n) is 9.66. The Kier molecular flexibility index (Phi) is 6.39. The fourth-order valence-electron chi connectivity index (χ4n) is 7.34. The predicted molar refractivity (Wildman–Crippen MR) is 210 cm³/mol. The average molecular weight is 644 g/mol. The van der Waals surface area contributed by atoms with Gasteiger partial charge in [-0.25, -0.2) is 0 Å². The molecule has 2 nitrogen and oxygen atoms in total. The van der Waals surface area contributed by atoms with E-state index in [2.05, 4.69) is 169 Å². The van der Waals surface area contributed by atoms with Crippen LogP contribution < -0.4 is 4.90 Å². The topological polar surface area (TPSA) is 16.4 Å². The van der Waals surface area contributed by atoms with Crippen LogP contribution in [0.4, 0.5) is 17.1 Å². The number of thiophene rings is 1. The number of hydrogen-bond donors (Lipinski definition) is 0. The molecule has 0 bridgehead atoms. The molecule has 0 amide bonds. The molecule has 0 N–H and O–H groups in total. The van der Waals surface area contributed by atoms with Gasteiger partial charge in [0.15, 0.2) is 0 Å². The first-order valence-electron chi connectivity index (χ1n) is 16.6. The fraction of sp³-hybridized carbons (Fsp3) is 0. The SMILES string of the molecule is c1ccc(N(c2ccccc2)c2ccc(-c3ccc4sc5ccc(-c6ccc7c(c6)oc6ccccc67)cc5c4c3)c3ccccc23)cc1. The van der Waals surface area contributed by atoms with Crippen LogP contribution in [-0.2, 0) is 0 Å². The van der Waals surface area contributed by atoms with Crippen LogP contribution in [0.5, 0.6) is 0 Å². The molecule has 0 aliphatic carbocycles. The molecule has 2 aromatic heterocycles. The molecule has 49 heavy (non-hydrogen) atoms. The zero-order chi connectivity index (χ0) is 32.3. The van der Waals surface area contributed by atoms with Crippen LogP contribution in [0, 0.1) is 0 Å². The van der Waals surface area contributed by atoms with E-state index in [1.54, 1.807) is 0 Å². The molecule has 0 radical (unpaired) electrons. The average Bonchev–Trinajstić information content (AvgIpc) is 3.73. The van der Waals surface area contributed by atoms with Gasteiger partial charge in [-0.2, -0.15) is 0 Å². The minimum atomic E-state index is 0.921. The van der Waals surface area contributed by atoms with Crippen molar-refractivity contribution in [1.82, 2.24) is 0 Å². The van der Waals surface area contributed by atoms with Crippen molar-refractivity contribution in [1.29, 1.82) is 0 Å². The summed E-state index contributed by atoms with van der Waals surface area (Å²) < 4.78 is 8.82. The third-order valence-corrected chi connectivity index (χ3v) is 10.8. The lowest BCUT2D eigenvalue weighted by molar-refractivity contribution is 0.669. The summed E-state index contributed by atoms with van der Waals surface area (Å²) in [6, 6.07) is 63.3. The van der Waals surface area contributed by atoms with E-state index in [-0.39, 0.29) is 0 Å². The highest BCUT2D eigenvalue weighted by Gasteiger charge is 2.18. The Bertz CT molecular complexity index is 2790. The maximum absolute atomic E-state index is 6.23. The standard InChI is InChI=1S/C46H29NOS/c1-3-11-33(12-4-1)47(34-13-5-2-6-14-34)42-24-23-35(36-15-7-8-16-37(36)42)32-21-26-46-41(28-32)40-27-30(20-25-45(40)49-46)31-19-22-39-38-17-9-10-18-43(38)48-44(39)29-31/h1-29H. The highest BCUT2D eigenvalue weighted by atomic mass is 32.1. The van der Waals surface area contributed by atoms with Crippen molar-refractivity contribution in [3.05, 3.63) is 176 Å². The van der Waals surface area contributed by atoms with Crippen LogP contribution in [0.3, 0.4) is 0 Å². The van der Waals surface area contributed by atoms with Gasteiger partial charge in [0.25, 0.3) is 0 Å². The van der Waals surface area contributed by atoms with Crippen LogP contribution in [0.1, 0.15) is 0 Å². The van der Waals surface area contributed by atoms with E-state index in [4.69, 9.17) is 4.42 Å². The quantitative estimate of drug-likeness (QED) is 0.186. The highest BCUT2D eigenvalue weighted by molar-refractivity contribution is 7.25. The van der Waals surface area contributed by atoms with Gasteiger partial charge in [-0.05, 0) is 100 Å². The van der Waals surface area contributed by atoms with Crippen LogP contribution in [0.2, 0.25) is 0 Å². The summed E-state index contributed by atoms with van der Waals surface area (Å²) in [5.74, 6) is 0. The maximum atomic E-state index is 6.23. The zero-order valence-electron chi connectivity index (χ0n) is 26.5. The largest absolute Gasteiger partial charge is 0.456 e. The molecular weight excluding hydrogens is 615 g/mol. The Balaban J connectivity index is 1.10. The van der Waals surface area contributed by atoms with E-state index in [0.717, 1.165) is 44.6 Å². The second-order valence-corrected chi connectivity index (χ2v) is 13.6. The number of fused-ring (bicyclic) bond motifs is 7. The first kappa shape index (κ1) is 27.9. The summed E-state index contributed by atoms with van der Waals surface area (Å²) in [7, 11) is 0. The Morgan fingerprint density at radius 1 is 0.367 bits per heavy atom. The van der Waals surface area contributed by atoms with Crippen molar-refractivity contribution in [3.63, 3.8) is 0 Å². The molecule has 0 saturated carbocycles. The third kappa shape index (κ3) is 4.62.